The number of amides is 1. The van der Waals surface area contributed by atoms with Crippen LogP contribution in [0.4, 0.5) is 0 Å². The van der Waals surface area contributed by atoms with Gasteiger partial charge in [-0.1, -0.05) is 0 Å². The van der Waals surface area contributed by atoms with Crippen LogP contribution < -0.4 is 14.6 Å². The molecule has 0 unspecified atom stereocenters. The molecule has 1 atom stereocenters. The van der Waals surface area contributed by atoms with E-state index in [1.54, 1.807) is 19.1 Å². The highest BCUT2D eigenvalue weighted by Gasteiger charge is 2.32. The van der Waals surface area contributed by atoms with E-state index in [-0.39, 0.29) is 16.8 Å². The van der Waals surface area contributed by atoms with Crippen molar-refractivity contribution in [2.75, 3.05) is 20.8 Å². The molecule has 1 saturated heterocycles. The van der Waals surface area contributed by atoms with Gasteiger partial charge in [0, 0.05) is 17.7 Å². The molecular weight excluding hydrogens is 368 g/mol. The third-order valence-corrected chi connectivity index (χ3v) is 5.67. The summed E-state index contributed by atoms with van der Waals surface area (Å²) in [5, 5.41) is 5.11. The number of hydrogen-bond donors (Lipinski definition) is 1. The van der Waals surface area contributed by atoms with Gasteiger partial charge in [-0.2, -0.15) is 0 Å². The van der Waals surface area contributed by atoms with Crippen molar-refractivity contribution in [2.24, 2.45) is 5.14 Å². The Morgan fingerprint density at radius 3 is 2.41 bits per heavy atom. The summed E-state index contributed by atoms with van der Waals surface area (Å²) >= 11 is 0. The number of nitrogens with two attached hydrogens (primary N) is 1. The van der Waals surface area contributed by atoms with Crippen LogP contribution >= 0.6 is 0 Å². The van der Waals surface area contributed by atoms with E-state index in [1.165, 1.54) is 24.3 Å². The minimum Gasteiger partial charge on any atom is -0.497 e. The highest BCUT2D eigenvalue weighted by atomic mass is 32.2. The second-order valence-corrected chi connectivity index (χ2v) is 7.90. The van der Waals surface area contributed by atoms with Crippen molar-refractivity contribution in [3.63, 3.8) is 0 Å². The molecule has 1 aliphatic rings. The van der Waals surface area contributed by atoms with Crippen molar-refractivity contribution in [1.82, 2.24) is 4.90 Å². The first kappa shape index (κ1) is 19.2. The Balaban J connectivity index is 1.91. The van der Waals surface area contributed by atoms with Gasteiger partial charge in [0.2, 0.25) is 10.0 Å². The van der Waals surface area contributed by atoms with Crippen LogP contribution in [0.5, 0.6) is 11.5 Å². The quantitative estimate of drug-likeness (QED) is 0.845. The Morgan fingerprint density at radius 1 is 1.11 bits per heavy atom. The Labute approximate surface area is 158 Å². The van der Waals surface area contributed by atoms with Crippen molar-refractivity contribution in [2.45, 2.75) is 23.8 Å². The van der Waals surface area contributed by atoms with Gasteiger partial charge >= 0.3 is 0 Å². The van der Waals surface area contributed by atoms with Crippen molar-refractivity contribution < 1.29 is 22.7 Å². The standard InChI is InChI=1S/C19H22N2O5S/c1-25-14-7-10-18(26-2)16(12-14)17-4-3-11-21(17)19(22)13-5-8-15(9-6-13)27(20,23)24/h5-10,12,17H,3-4,11H2,1-2H3,(H2,20,23,24)/t17-/m0/s1. The first-order chi connectivity index (χ1) is 12.8. The topological polar surface area (TPSA) is 98.9 Å². The van der Waals surface area contributed by atoms with Gasteiger partial charge in [-0.25, -0.2) is 13.6 Å². The van der Waals surface area contributed by atoms with Crippen molar-refractivity contribution >= 4 is 15.9 Å². The number of sulfonamides is 1. The van der Waals surface area contributed by atoms with Crippen LogP contribution in [0.25, 0.3) is 0 Å². The monoisotopic (exact) mass is 390 g/mol. The number of likely N-dealkylation sites (tertiary alicyclic amines) is 1. The first-order valence-corrected chi connectivity index (χ1v) is 10.1. The summed E-state index contributed by atoms with van der Waals surface area (Å²) in [5.41, 5.74) is 1.31. The molecule has 0 spiro atoms. The van der Waals surface area contributed by atoms with Gasteiger partial charge in [0.15, 0.2) is 0 Å². The smallest absolute Gasteiger partial charge is 0.254 e. The molecule has 0 saturated carbocycles. The zero-order chi connectivity index (χ0) is 19.6. The Kier molecular flexibility index (Phi) is 5.38. The summed E-state index contributed by atoms with van der Waals surface area (Å²) in [6.07, 6.45) is 1.68. The summed E-state index contributed by atoms with van der Waals surface area (Å²) in [7, 11) is -0.601. The predicted molar refractivity (Wildman–Crippen MR) is 100 cm³/mol. The van der Waals surface area contributed by atoms with Gasteiger partial charge < -0.3 is 14.4 Å². The Hall–Kier alpha value is -2.58. The van der Waals surface area contributed by atoms with Crippen LogP contribution in [0.1, 0.15) is 34.8 Å². The molecule has 2 N–H and O–H groups in total. The lowest BCUT2D eigenvalue weighted by Gasteiger charge is -2.27. The molecule has 7 nitrogen and oxygen atoms in total. The molecule has 1 fully saturated rings. The predicted octanol–water partition coefficient (Wildman–Crippen LogP) is 2.33. The van der Waals surface area contributed by atoms with Gasteiger partial charge in [0.1, 0.15) is 11.5 Å². The maximum atomic E-state index is 13.0. The minimum absolute atomic E-state index is 0.0218. The van der Waals surface area contributed by atoms with Crippen molar-refractivity contribution in [3.8, 4) is 11.5 Å². The van der Waals surface area contributed by atoms with Gasteiger partial charge in [0.05, 0.1) is 25.2 Å². The number of methoxy groups -OCH3 is 2. The van der Waals surface area contributed by atoms with E-state index in [1.807, 2.05) is 18.2 Å². The lowest BCUT2D eigenvalue weighted by Crippen LogP contribution is -2.30. The molecule has 0 radical (unpaired) electrons. The SMILES string of the molecule is COc1ccc(OC)c([C@@H]2CCCN2C(=O)c2ccc(S(N)(=O)=O)cc2)c1. The number of benzene rings is 2. The molecular formula is C19H22N2O5S. The molecule has 3 rings (SSSR count). The molecule has 0 bridgehead atoms. The van der Waals surface area contributed by atoms with E-state index in [4.69, 9.17) is 14.6 Å². The third-order valence-electron chi connectivity index (χ3n) is 4.74. The molecule has 2 aromatic rings. The largest absolute Gasteiger partial charge is 0.497 e. The van der Waals surface area contributed by atoms with Crippen LogP contribution in [0, 0.1) is 0 Å². The molecule has 1 aliphatic heterocycles. The summed E-state index contributed by atoms with van der Waals surface area (Å²) < 4.78 is 33.6. The molecule has 1 heterocycles. The summed E-state index contributed by atoms with van der Waals surface area (Å²) in [4.78, 5) is 14.8. The molecule has 0 aromatic heterocycles. The van der Waals surface area contributed by atoms with Crippen LogP contribution in [0.2, 0.25) is 0 Å². The second-order valence-electron chi connectivity index (χ2n) is 6.33. The van der Waals surface area contributed by atoms with Gasteiger partial charge in [-0.15, -0.1) is 0 Å². The average molecular weight is 390 g/mol. The summed E-state index contributed by atoms with van der Waals surface area (Å²) in [6.45, 7) is 0.612. The first-order valence-electron chi connectivity index (χ1n) is 8.51. The Morgan fingerprint density at radius 2 is 1.81 bits per heavy atom. The number of carbonyl (C=O) groups excluding carboxylic acids is 1. The maximum absolute atomic E-state index is 13.0. The van der Waals surface area contributed by atoms with E-state index in [0.29, 0.717) is 23.6 Å². The minimum atomic E-state index is -3.79. The zero-order valence-corrected chi connectivity index (χ0v) is 16.0. The molecule has 27 heavy (non-hydrogen) atoms. The highest BCUT2D eigenvalue weighted by Crippen LogP contribution is 2.39. The van der Waals surface area contributed by atoms with Gasteiger partial charge in [0.25, 0.3) is 5.91 Å². The fourth-order valence-electron chi connectivity index (χ4n) is 3.39. The van der Waals surface area contributed by atoms with E-state index < -0.39 is 10.0 Å². The lowest BCUT2D eigenvalue weighted by atomic mass is 10.0. The number of carbonyl (C=O) groups is 1. The fraction of sp³-hybridized carbons (Fsp3) is 0.316. The van der Waals surface area contributed by atoms with Crippen LogP contribution in [0.3, 0.4) is 0 Å². The number of primary sulfonamides is 1. The normalized spacial score (nSPS) is 17.0. The third kappa shape index (κ3) is 3.91. The lowest BCUT2D eigenvalue weighted by molar-refractivity contribution is 0.0734. The van der Waals surface area contributed by atoms with Gasteiger partial charge in [-0.3, -0.25) is 4.79 Å². The van der Waals surface area contributed by atoms with Crippen LogP contribution in [-0.4, -0.2) is 40.0 Å². The molecule has 144 valence electrons. The molecule has 1 amide bonds. The summed E-state index contributed by atoms with van der Waals surface area (Å²) in [6, 6.07) is 11.1. The zero-order valence-electron chi connectivity index (χ0n) is 15.2. The molecule has 8 heteroatoms. The van der Waals surface area contributed by atoms with Gasteiger partial charge in [-0.05, 0) is 55.3 Å². The van der Waals surface area contributed by atoms with Crippen LogP contribution in [-0.2, 0) is 10.0 Å². The van der Waals surface area contributed by atoms with Crippen molar-refractivity contribution in [3.05, 3.63) is 53.6 Å². The van der Waals surface area contributed by atoms with E-state index in [0.717, 1.165) is 18.4 Å². The van der Waals surface area contributed by atoms with E-state index >= 15 is 0 Å². The Bertz CT molecular complexity index is 941. The number of rotatable bonds is 5. The fourth-order valence-corrected chi connectivity index (χ4v) is 3.90. The van der Waals surface area contributed by atoms with Crippen LogP contribution in [0.15, 0.2) is 47.4 Å². The van der Waals surface area contributed by atoms with E-state index in [9.17, 15) is 13.2 Å². The second kappa shape index (κ2) is 7.58. The highest BCUT2D eigenvalue weighted by molar-refractivity contribution is 7.89. The molecule has 2 aromatic carbocycles. The summed E-state index contributed by atoms with van der Waals surface area (Å²) in [5.74, 6) is 1.23. The average Bonchev–Trinajstić information content (AvgIpc) is 3.15. The van der Waals surface area contributed by atoms with Crippen molar-refractivity contribution in [1.29, 1.82) is 0 Å². The maximum Gasteiger partial charge on any atom is 0.254 e. The number of ether oxygens (including phenoxy) is 2. The number of hydrogen-bond acceptors (Lipinski definition) is 5. The van der Waals surface area contributed by atoms with E-state index in [2.05, 4.69) is 0 Å². The number of nitrogens with zero attached hydrogens (tertiary/aromatic N) is 1. The molecule has 0 aliphatic carbocycles.